The molecule has 15 heavy (non-hydrogen) atoms. The van der Waals surface area contributed by atoms with Crippen molar-refractivity contribution in [3.63, 3.8) is 0 Å². The van der Waals surface area contributed by atoms with E-state index in [0.717, 1.165) is 12.1 Å². The lowest BCUT2D eigenvalue weighted by Crippen LogP contribution is -2.22. The Bertz CT molecular complexity index is 458. The van der Waals surface area contributed by atoms with Crippen molar-refractivity contribution >= 4 is 11.0 Å². The summed E-state index contributed by atoms with van der Waals surface area (Å²) in [4.78, 5) is 0. The van der Waals surface area contributed by atoms with Crippen LogP contribution in [0.3, 0.4) is 0 Å². The zero-order valence-electron chi connectivity index (χ0n) is 8.86. The molecule has 0 aliphatic carbocycles. The molecule has 0 saturated heterocycles. The fraction of sp³-hybridized carbons (Fsp3) is 0.231. The van der Waals surface area contributed by atoms with E-state index in [4.69, 9.17) is 4.42 Å². The maximum Gasteiger partial charge on any atom is 0.134 e. The van der Waals surface area contributed by atoms with Crippen LogP contribution in [0.4, 0.5) is 0 Å². The normalized spacial score (nSPS) is 12.9. The first-order valence-corrected chi connectivity index (χ1v) is 5.12. The van der Waals surface area contributed by atoms with Crippen LogP contribution in [0.5, 0.6) is 0 Å². The van der Waals surface area contributed by atoms with Crippen LogP contribution in [-0.4, -0.2) is 6.04 Å². The summed E-state index contributed by atoms with van der Waals surface area (Å²) in [7, 11) is 0. The second-order valence-corrected chi connectivity index (χ2v) is 3.66. The predicted molar refractivity (Wildman–Crippen MR) is 62.7 cm³/mol. The van der Waals surface area contributed by atoms with Crippen molar-refractivity contribution in [3.05, 3.63) is 48.7 Å². The average Bonchev–Trinajstić information content (AvgIpc) is 2.69. The van der Waals surface area contributed by atoms with E-state index in [1.807, 2.05) is 30.5 Å². The first kappa shape index (κ1) is 9.99. The molecule has 0 radical (unpaired) electrons. The van der Waals surface area contributed by atoms with Crippen LogP contribution in [-0.2, 0) is 6.54 Å². The van der Waals surface area contributed by atoms with Gasteiger partial charge in [-0.3, -0.25) is 0 Å². The predicted octanol–water partition coefficient (Wildman–Crippen LogP) is 3.10. The van der Waals surface area contributed by atoms with Gasteiger partial charge < -0.3 is 9.73 Å². The lowest BCUT2D eigenvalue weighted by Gasteiger charge is -2.07. The third-order valence-electron chi connectivity index (χ3n) is 2.53. The number of fused-ring (bicyclic) bond motifs is 1. The van der Waals surface area contributed by atoms with Gasteiger partial charge in [0.2, 0.25) is 0 Å². The van der Waals surface area contributed by atoms with Gasteiger partial charge in [0, 0.05) is 23.5 Å². The van der Waals surface area contributed by atoms with E-state index in [9.17, 15) is 0 Å². The summed E-state index contributed by atoms with van der Waals surface area (Å²) in [5.74, 6) is 0. The minimum Gasteiger partial charge on any atom is -0.464 e. The highest BCUT2D eigenvalue weighted by Gasteiger charge is 2.04. The highest BCUT2D eigenvalue weighted by Crippen LogP contribution is 2.20. The number of rotatable bonds is 4. The summed E-state index contributed by atoms with van der Waals surface area (Å²) in [5, 5.41) is 4.53. The molecule has 1 atom stereocenters. The Labute approximate surface area is 89.6 Å². The number of para-hydroxylation sites is 1. The molecule has 0 aliphatic heterocycles. The van der Waals surface area contributed by atoms with E-state index >= 15 is 0 Å². The first-order valence-electron chi connectivity index (χ1n) is 5.12. The van der Waals surface area contributed by atoms with Crippen molar-refractivity contribution < 1.29 is 4.42 Å². The van der Waals surface area contributed by atoms with E-state index in [1.165, 1.54) is 10.9 Å². The first-order chi connectivity index (χ1) is 7.31. The molecule has 2 heteroatoms. The standard InChI is InChI=1S/C13H15NO/c1-3-10(2)14-8-11-9-15-13-7-5-4-6-12(11)13/h3-7,9-10,14H,1,8H2,2H3. The van der Waals surface area contributed by atoms with Gasteiger partial charge in [0.1, 0.15) is 5.58 Å². The van der Waals surface area contributed by atoms with E-state index in [-0.39, 0.29) is 0 Å². The molecule has 2 nitrogen and oxygen atoms in total. The van der Waals surface area contributed by atoms with Gasteiger partial charge in [-0.15, -0.1) is 6.58 Å². The van der Waals surface area contributed by atoms with E-state index in [1.54, 1.807) is 0 Å². The fourth-order valence-electron chi connectivity index (χ4n) is 1.52. The van der Waals surface area contributed by atoms with Crippen LogP contribution >= 0.6 is 0 Å². The quantitative estimate of drug-likeness (QED) is 0.769. The lowest BCUT2D eigenvalue weighted by atomic mass is 10.1. The molecule has 0 saturated carbocycles. The Morgan fingerprint density at radius 3 is 3.07 bits per heavy atom. The van der Waals surface area contributed by atoms with Gasteiger partial charge in [-0.25, -0.2) is 0 Å². The zero-order chi connectivity index (χ0) is 10.7. The van der Waals surface area contributed by atoms with Crippen molar-refractivity contribution in [1.82, 2.24) is 5.32 Å². The molecular formula is C13H15NO. The zero-order valence-corrected chi connectivity index (χ0v) is 8.86. The van der Waals surface area contributed by atoms with E-state index in [2.05, 4.69) is 24.9 Å². The number of benzene rings is 1. The van der Waals surface area contributed by atoms with E-state index in [0.29, 0.717) is 6.04 Å². The third-order valence-corrected chi connectivity index (χ3v) is 2.53. The molecule has 1 aromatic carbocycles. The highest BCUT2D eigenvalue weighted by atomic mass is 16.3. The van der Waals surface area contributed by atoms with Gasteiger partial charge in [-0.05, 0) is 13.0 Å². The summed E-state index contributed by atoms with van der Waals surface area (Å²) in [6, 6.07) is 8.39. The van der Waals surface area contributed by atoms with Gasteiger partial charge in [0.25, 0.3) is 0 Å². The van der Waals surface area contributed by atoms with Crippen LogP contribution in [0, 0.1) is 0 Å². The molecule has 1 unspecified atom stereocenters. The minimum absolute atomic E-state index is 0.318. The Balaban J connectivity index is 2.18. The minimum atomic E-state index is 0.318. The maximum absolute atomic E-state index is 5.45. The third kappa shape index (κ3) is 2.10. The second kappa shape index (κ2) is 4.32. The molecule has 0 aliphatic rings. The molecule has 1 heterocycles. The van der Waals surface area contributed by atoms with Gasteiger partial charge in [-0.1, -0.05) is 24.3 Å². The van der Waals surface area contributed by atoms with Crippen molar-refractivity contribution in [1.29, 1.82) is 0 Å². The average molecular weight is 201 g/mol. The highest BCUT2D eigenvalue weighted by molar-refractivity contribution is 5.80. The largest absolute Gasteiger partial charge is 0.464 e. The van der Waals surface area contributed by atoms with Crippen molar-refractivity contribution in [2.45, 2.75) is 19.5 Å². The number of nitrogens with one attached hydrogen (secondary N) is 1. The fourth-order valence-corrected chi connectivity index (χ4v) is 1.52. The summed E-state index contributed by atoms with van der Waals surface area (Å²) in [6.07, 6.45) is 3.70. The van der Waals surface area contributed by atoms with Crippen LogP contribution in [0.1, 0.15) is 12.5 Å². The molecular weight excluding hydrogens is 186 g/mol. The topological polar surface area (TPSA) is 25.2 Å². The molecule has 2 aromatic rings. The summed E-state index contributed by atoms with van der Waals surface area (Å²) >= 11 is 0. The number of hydrogen-bond donors (Lipinski definition) is 1. The number of furan rings is 1. The Morgan fingerprint density at radius 1 is 1.47 bits per heavy atom. The molecule has 1 aromatic heterocycles. The Kier molecular flexibility index (Phi) is 2.88. The molecule has 0 fully saturated rings. The van der Waals surface area contributed by atoms with Crippen molar-refractivity contribution in [2.24, 2.45) is 0 Å². The van der Waals surface area contributed by atoms with Gasteiger partial charge in [-0.2, -0.15) is 0 Å². The summed E-state index contributed by atoms with van der Waals surface area (Å²) in [5.41, 5.74) is 2.14. The second-order valence-electron chi connectivity index (χ2n) is 3.66. The monoisotopic (exact) mass is 201 g/mol. The smallest absolute Gasteiger partial charge is 0.134 e. The van der Waals surface area contributed by atoms with Crippen LogP contribution in [0.2, 0.25) is 0 Å². The van der Waals surface area contributed by atoms with Crippen LogP contribution < -0.4 is 5.32 Å². The number of hydrogen-bond acceptors (Lipinski definition) is 2. The van der Waals surface area contributed by atoms with Crippen molar-refractivity contribution in [2.75, 3.05) is 0 Å². The molecule has 1 N–H and O–H groups in total. The summed E-state index contributed by atoms with van der Waals surface area (Å²) < 4.78 is 5.45. The molecule has 0 bridgehead atoms. The van der Waals surface area contributed by atoms with Crippen LogP contribution in [0.25, 0.3) is 11.0 Å². The van der Waals surface area contributed by atoms with Gasteiger partial charge >= 0.3 is 0 Å². The van der Waals surface area contributed by atoms with Gasteiger partial charge in [0.05, 0.1) is 6.26 Å². The van der Waals surface area contributed by atoms with Crippen molar-refractivity contribution in [3.8, 4) is 0 Å². The molecule has 2 rings (SSSR count). The lowest BCUT2D eigenvalue weighted by molar-refractivity contribution is 0.593. The SMILES string of the molecule is C=CC(C)NCc1coc2ccccc12. The van der Waals surface area contributed by atoms with E-state index < -0.39 is 0 Å². The molecule has 0 amide bonds. The van der Waals surface area contributed by atoms with Crippen LogP contribution in [0.15, 0.2) is 47.6 Å². The van der Waals surface area contributed by atoms with Gasteiger partial charge in [0.15, 0.2) is 0 Å². The Hall–Kier alpha value is -1.54. The molecule has 0 spiro atoms. The maximum atomic E-state index is 5.45. The molecule has 78 valence electrons. The summed E-state index contributed by atoms with van der Waals surface area (Å²) in [6.45, 7) is 6.63. The Morgan fingerprint density at radius 2 is 2.27 bits per heavy atom.